The van der Waals surface area contributed by atoms with Gasteiger partial charge in [0.2, 0.25) is 20.9 Å². The Morgan fingerprint density at radius 1 is 1.06 bits per heavy atom. The van der Waals surface area contributed by atoms with Gasteiger partial charge in [-0.05, 0) is 24.0 Å². The van der Waals surface area contributed by atoms with Crippen LogP contribution in [0, 0.1) is 0 Å². The molecule has 32 heavy (non-hydrogen) atoms. The summed E-state index contributed by atoms with van der Waals surface area (Å²) < 4.78 is 27.9. The zero-order valence-corrected chi connectivity index (χ0v) is 18.7. The van der Waals surface area contributed by atoms with E-state index < -0.39 is 9.84 Å². The molecule has 0 radical (unpaired) electrons. The minimum atomic E-state index is -3.65. The molecule has 1 saturated carbocycles. The number of allylic oxidation sites excluding steroid dienone is 1. The molecule has 1 aliphatic carbocycles. The minimum Gasteiger partial charge on any atom is -0.334 e. The maximum atomic E-state index is 13.1. The first-order valence-electron chi connectivity index (χ1n) is 10.7. The number of imidazole rings is 1. The van der Waals surface area contributed by atoms with Crippen LogP contribution >= 0.6 is 0 Å². The van der Waals surface area contributed by atoms with Crippen LogP contribution in [0.4, 0.5) is 0 Å². The van der Waals surface area contributed by atoms with E-state index in [9.17, 15) is 13.2 Å². The molecule has 0 spiro atoms. The lowest BCUT2D eigenvalue weighted by molar-refractivity contribution is -0.131. The van der Waals surface area contributed by atoms with Gasteiger partial charge in [-0.25, -0.2) is 13.4 Å². The van der Waals surface area contributed by atoms with Gasteiger partial charge < -0.3 is 9.47 Å². The van der Waals surface area contributed by atoms with Crippen molar-refractivity contribution in [1.82, 2.24) is 14.5 Å². The number of rotatable bonds is 10. The van der Waals surface area contributed by atoms with Gasteiger partial charge in [0.25, 0.3) is 0 Å². The fourth-order valence-corrected chi connectivity index (χ4v) is 5.30. The van der Waals surface area contributed by atoms with Gasteiger partial charge in [0.15, 0.2) is 0 Å². The van der Waals surface area contributed by atoms with Gasteiger partial charge in [0.05, 0.1) is 30.6 Å². The van der Waals surface area contributed by atoms with E-state index in [0.717, 1.165) is 18.4 Å². The Morgan fingerprint density at radius 2 is 1.69 bits per heavy atom. The largest absolute Gasteiger partial charge is 0.334 e. The molecule has 1 aromatic heterocycles. The van der Waals surface area contributed by atoms with Crippen LogP contribution in [0.15, 0.2) is 84.7 Å². The lowest BCUT2D eigenvalue weighted by Crippen LogP contribution is -2.34. The van der Waals surface area contributed by atoms with Crippen LogP contribution in [0.25, 0.3) is 0 Å². The average molecular weight is 450 g/mol. The molecule has 4 rings (SSSR count). The summed E-state index contributed by atoms with van der Waals surface area (Å²) in [4.78, 5) is 19.2. The number of nitrogens with zero attached hydrogens (tertiary/aromatic N) is 3. The second-order valence-corrected chi connectivity index (χ2v) is 9.97. The fraction of sp³-hybridized carbons (Fsp3) is 0.280. The first-order chi connectivity index (χ1) is 15.5. The van der Waals surface area contributed by atoms with Gasteiger partial charge in [-0.2, -0.15) is 0 Å². The van der Waals surface area contributed by atoms with Crippen molar-refractivity contribution in [3.8, 4) is 0 Å². The molecular weight excluding hydrogens is 422 g/mol. The van der Waals surface area contributed by atoms with Crippen LogP contribution in [-0.4, -0.2) is 34.8 Å². The van der Waals surface area contributed by atoms with Crippen LogP contribution in [0.2, 0.25) is 0 Å². The summed E-state index contributed by atoms with van der Waals surface area (Å²) in [5.74, 6) is -0.0838. The third-order valence-corrected chi connectivity index (χ3v) is 7.12. The standard InChI is InChI=1S/C25H27N3O3S/c1-2-15-27-23(17-26-25(27)32(30,31)19-21-11-7-4-8-12-21)18-28(22-13-14-22)24(29)16-20-9-5-3-6-10-20/h2-12,17,22H,1,13-16,18-19H2. The highest BCUT2D eigenvalue weighted by Gasteiger charge is 2.34. The van der Waals surface area contributed by atoms with Gasteiger partial charge >= 0.3 is 0 Å². The summed E-state index contributed by atoms with van der Waals surface area (Å²) in [5.41, 5.74) is 2.37. The summed E-state index contributed by atoms with van der Waals surface area (Å²) in [6.45, 7) is 4.42. The summed E-state index contributed by atoms with van der Waals surface area (Å²) in [6.07, 6.45) is 5.49. The van der Waals surface area contributed by atoms with Crippen molar-refractivity contribution in [3.05, 3.63) is 96.3 Å². The fourth-order valence-electron chi connectivity index (χ4n) is 3.80. The Hall–Kier alpha value is -3.19. The lowest BCUT2D eigenvalue weighted by atomic mass is 10.1. The van der Waals surface area contributed by atoms with E-state index in [4.69, 9.17) is 0 Å². The summed E-state index contributed by atoms with van der Waals surface area (Å²) >= 11 is 0. The number of sulfone groups is 1. The summed E-state index contributed by atoms with van der Waals surface area (Å²) in [7, 11) is -3.65. The van der Waals surface area contributed by atoms with Crippen LogP contribution < -0.4 is 0 Å². The van der Waals surface area contributed by atoms with Gasteiger partial charge in [-0.15, -0.1) is 6.58 Å². The maximum absolute atomic E-state index is 13.1. The van der Waals surface area contributed by atoms with Crippen molar-refractivity contribution >= 4 is 15.7 Å². The highest BCUT2D eigenvalue weighted by molar-refractivity contribution is 7.90. The van der Waals surface area contributed by atoms with Crippen molar-refractivity contribution in [1.29, 1.82) is 0 Å². The highest BCUT2D eigenvalue weighted by atomic mass is 32.2. The predicted molar refractivity (Wildman–Crippen MR) is 123 cm³/mol. The van der Waals surface area contributed by atoms with Crippen molar-refractivity contribution in [2.75, 3.05) is 0 Å². The number of benzene rings is 2. The molecule has 7 heteroatoms. The quantitative estimate of drug-likeness (QED) is 0.442. The third kappa shape index (κ3) is 5.16. The van der Waals surface area contributed by atoms with E-state index in [1.165, 1.54) is 0 Å². The number of hydrogen-bond acceptors (Lipinski definition) is 4. The van der Waals surface area contributed by atoms with E-state index in [1.54, 1.807) is 29.0 Å². The monoisotopic (exact) mass is 449 g/mol. The summed E-state index contributed by atoms with van der Waals surface area (Å²) in [6, 6.07) is 18.9. The molecule has 1 fully saturated rings. The Morgan fingerprint density at radius 3 is 2.28 bits per heavy atom. The molecule has 1 aliphatic rings. The smallest absolute Gasteiger partial charge is 0.228 e. The Kier molecular flexibility index (Phi) is 6.55. The molecule has 0 saturated heterocycles. The van der Waals surface area contributed by atoms with Crippen LogP contribution in [0.3, 0.4) is 0 Å². The van der Waals surface area contributed by atoms with Gasteiger partial charge in [0.1, 0.15) is 0 Å². The van der Waals surface area contributed by atoms with E-state index in [-0.39, 0.29) is 22.9 Å². The number of hydrogen-bond donors (Lipinski definition) is 0. The minimum absolute atomic E-state index is 0.0162. The van der Waals surface area contributed by atoms with Crippen LogP contribution in [-0.2, 0) is 39.9 Å². The Labute approximate surface area is 189 Å². The topological polar surface area (TPSA) is 72.3 Å². The molecule has 0 unspecified atom stereocenters. The van der Waals surface area contributed by atoms with E-state index in [0.29, 0.717) is 30.8 Å². The number of aromatic nitrogens is 2. The van der Waals surface area contributed by atoms with Gasteiger partial charge in [-0.1, -0.05) is 66.7 Å². The summed E-state index contributed by atoms with van der Waals surface area (Å²) in [5, 5.41) is 0.0162. The molecule has 0 aliphatic heterocycles. The van der Waals surface area contributed by atoms with Gasteiger partial charge in [0, 0.05) is 12.6 Å². The SMILES string of the molecule is C=CCn1c(CN(C(=O)Cc2ccccc2)C2CC2)cnc1S(=O)(=O)Cc1ccccc1. The lowest BCUT2D eigenvalue weighted by Gasteiger charge is -2.23. The second-order valence-electron chi connectivity index (χ2n) is 8.09. The number of carbonyl (C=O) groups excluding carboxylic acids is 1. The number of carbonyl (C=O) groups is 1. The molecule has 0 N–H and O–H groups in total. The molecule has 0 bridgehead atoms. The van der Waals surface area contributed by atoms with Crippen molar-refractivity contribution in [2.24, 2.45) is 0 Å². The second kappa shape index (κ2) is 9.53. The molecular formula is C25H27N3O3S. The molecule has 1 heterocycles. The van der Waals surface area contributed by atoms with Crippen molar-refractivity contribution in [3.63, 3.8) is 0 Å². The zero-order chi connectivity index (χ0) is 22.6. The normalized spacial score (nSPS) is 13.6. The average Bonchev–Trinajstić information content (AvgIpc) is 3.54. The first-order valence-corrected chi connectivity index (χ1v) is 12.4. The molecule has 1 amide bonds. The predicted octanol–water partition coefficient (Wildman–Crippen LogP) is 3.78. The zero-order valence-electron chi connectivity index (χ0n) is 17.9. The van der Waals surface area contributed by atoms with E-state index >= 15 is 0 Å². The number of amides is 1. The van der Waals surface area contributed by atoms with E-state index in [1.807, 2.05) is 53.4 Å². The first kappa shape index (κ1) is 22.0. The molecule has 3 aromatic rings. The van der Waals surface area contributed by atoms with Gasteiger partial charge in [-0.3, -0.25) is 4.79 Å². The van der Waals surface area contributed by atoms with Crippen molar-refractivity contribution < 1.29 is 13.2 Å². The maximum Gasteiger partial charge on any atom is 0.228 e. The molecule has 6 nitrogen and oxygen atoms in total. The van der Waals surface area contributed by atoms with Crippen molar-refractivity contribution in [2.45, 2.75) is 49.3 Å². The third-order valence-electron chi connectivity index (χ3n) is 5.53. The molecule has 2 aromatic carbocycles. The van der Waals surface area contributed by atoms with Crippen LogP contribution in [0.5, 0.6) is 0 Å². The van der Waals surface area contributed by atoms with E-state index in [2.05, 4.69) is 11.6 Å². The molecule has 166 valence electrons. The Balaban J connectivity index is 1.58. The van der Waals surface area contributed by atoms with Crippen LogP contribution in [0.1, 0.15) is 29.7 Å². The highest BCUT2D eigenvalue weighted by Crippen LogP contribution is 2.30. The molecule has 0 atom stereocenters. The Bertz CT molecular complexity index is 1180.